The Morgan fingerprint density at radius 2 is 2.00 bits per heavy atom. The number of carboxylic acids is 1. The average Bonchev–Trinajstić information content (AvgIpc) is 2.08. The van der Waals surface area contributed by atoms with Crippen molar-refractivity contribution in [3.8, 4) is 0 Å². The van der Waals surface area contributed by atoms with E-state index in [1.54, 1.807) is 0 Å². The van der Waals surface area contributed by atoms with Gasteiger partial charge in [0.1, 0.15) is 5.82 Å². The molecule has 0 spiro atoms. The van der Waals surface area contributed by atoms with Gasteiger partial charge in [0, 0.05) is 5.56 Å². The van der Waals surface area contributed by atoms with Gasteiger partial charge in [-0.05, 0) is 18.6 Å². The molecule has 0 aliphatic heterocycles. The number of benzene rings is 1. The molecule has 0 aliphatic rings. The van der Waals surface area contributed by atoms with Crippen molar-refractivity contribution in [3.05, 3.63) is 35.1 Å². The van der Waals surface area contributed by atoms with Gasteiger partial charge in [0.2, 0.25) is 0 Å². The molecule has 1 rings (SSSR count). The lowest BCUT2D eigenvalue weighted by Crippen LogP contribution is -2.12. The van der Waals surface area contributed by atoms with Crippen LogP contribution in [0.3, 0.4) is 0 Å². The summed E-state index contributed by atoms with van der Waals surface area (Å²) in [4.78, 5) is 21.1. The van der Waals surface area contributed by atoms with Gasteiger partial charge in [0.15, 0.2) is 0 Å². The molecule has 3 nitrogen and oxygen atoms in total. The van der Waals surface area contributed by atoms with Crippen LogP contribution in [-0.2, 0) is 4.79 Å². The topological polar surface area (TPSA) is 54.4 Å². The van der Waals surface area contributed by atoms with Crippen LogP contribution in [0, 0.1) is 12.7 Å². The number of halogens is 1. The summed E-state index contributed by atoms with van der Waals surface area (Å²) in [5.41, 5.74) is 0.234. The predicted octanol–water partition coefficient (Wildman–Crippen LogP) is 1.40. The highest BCUT2D eigenvalue weighted by Gasteiger charge is 2.15. The molecule has 0 saturated heterocycles. The third kappa shape index (κ3) is 1.90. The standard InChI is InChI=1S/C9H7FO3/c1-5-2-3-6(4-7(5)10)8(11)9(12)13/h2-4H,1H3,(H,12,13). The number of carbonyl (C=O) groups is 2. The van der Waals surface area contributed by atoms with E-state index >= 15 is 0 Å². The SMILES string of the molecule is Cc1ccc(C(=O)C(=O)O)cc1F. The van der Waals surface area contributed by atoms with Crippen molar-refractivity contribution < 1.29 is 19.1 Å². The van der Waals surface area contributed by atoms with Crippen LogP contribution < -0.4 is 0 Å². The summed E-state index contributed by atoms with van der Waals surface area (Å²) in [6.07, 6.45) is 0. The number of carbonyl (C=O) groups excluding carboxylic acids is 1. The van der Waals surface area contributed by atoms with Crippen LogP contribution in [0.5, 0.6) is 0 Å². The van der Waals surface area contributed by atoms with E-state index in [1.165, 1.54) is 19.1 Å². The molecule has 0 unspecified atom stereocenters. The van der Waals surface area contributed by atoms with Crippen molar-refractivity contribution in [2.24, 2.45) is 0 Å². The summed E-state index contributed by atoms with van der Waals surface area (Å²) >= 11 is 0. The van der Waals surface area contributed by atoms with Gasteiger partial charge < -0.3 is 5.11 Å². The third-order valence-electron chi connectivity index (χ3n) is 1.63. The molecule has 1 aromatic rings. The molecular weight excluding hydrogens is 175 g/mol. The van der Waals surface area contributed by atoms with Gasteiger partial charge in [-0.2, -0.15) is 0 Å². The first kappa shape index (κ1) is 9.38. The maximum absolute atomic E-state index is 12.9. The zero-order chi connectivity index (χ0) is 10.0. The number of aryl methyl sites for hydroxylation is 1. The highest BCUT2D eigenvalue weighted by Crippen LogP contribution is 2.09. The van der Waals surface area contributed by atoms with Crippen LogP contribution in [0.2, 0.25) is 0 Å². The summed E-state index contributed by atoms with van der Waals surface area (Å²) in [6, 6.07) is 3.58. The first-order valence-electron chi connectivity index (χ1n) is 3.56. The summed E-state index contributed by atoms with van der Waals surface area (Å²) in [5.74, 6) is -3.26. The molecule has 0 heterocycles. The normalized spacial score (nSPS) is 9.69. The lowest BCUT2D eigenvalue weighted by atomic mass is 10.1. The first-order valence-corrected chi connectivity index (χ1v) is 3.56. The highest BCUT2D eigenvalue weighted by molar-refractivity contribution is 6.39. The maximum atomic E-state index is 12.9. The van der Waals surface area contributed by atoms with Gasteiger partial charge in [0.05, 0.1) is 0 Å². The Hall–Kier alpha value is -1.71. The summed E-state index contributed by atoms with van der Waals surface area (Å²) in [7, 11) is 0. The molecule has 4 heteroatoms. The zero-order valence-electron chi connectivity index (χ0n) is 6.87. The Morgan fingerprint density at radius 3 is 2.46 bits per heavy atom. The molecule has 0 atom stereocenters. The number of Topliss-reactive ketones (excluding diaryl/α,β-unsaturated/α-hetero) is 1. The monoisotopic (exact) mass is 182 g/mol. The van der Waals surface area contributed by atoms with E-state index in [-0.39, 0.29) is 5.56 Å². The van der Waals surface area contributed by atoms with Crippen LogP contribution in [0.15, 0.2) is 18.2 Å². The van der Waals surface area contributed by atoms with Gasteiger partial charge in [0.25, 0.3) is 5.78 Å². The van der Waals surface area contributed by atoms with Crippen LogP contribution in [0.4, 0.5) is 4.39 Å². The summed E-state index contributed by atoms with van der Waals surface area (Å²) in [5, 5.41) is 8.32. The highest BCUT2D eigenvalue weighted by atomic mass is 19.1. The fourth-order valence-corrected chi connectivity index (χ4v) is 0.858. The van der Waals surface area contributed by atoms with Crippen molar-refractivity contribution in [2.45, 2.75) is 6.92 Å². The second kappa shape index (κ2) is 3.35. The largest absolute Gasteiger partial charge is 0.475 e. The summed E-state index contributed by atoms with van der Waals surface area (Å²) in [6.45, 7) is 1.53. The molecule has 0 aromatic heterocycles. The van der Waals surface area contributed by atoms with Crippen molar-refractivity contribution >= 4 is 11.8 Å². The molecule has 0 aliphatic carbocycles. The van der Waals surface area contributed by atoms with Crippen LogP contribution >= 0.6 is 0 Å². The van der Waals surface area contributed by atoms with Crippen LogP contribution in [0.1, 0.15) is 15.9 Å². The Balaban J connectivity index is 3.11. The number of hydrogen-bond acceptors (Lipinski definition) is 2. The minimum Gasteiger partial charge on any atom is -0.475 e. The molecule has 68 valence electrons. The van der Waals surface area contributed by atoms with Crippen molar-refractivity contribution in [1.29, 1.82) is 0 Å². The van der Waals surface area contributed by atoms with Gasteiger partial charge in [-0.1, -0.05) is 12.1 Å². The molecule has 0 radical (unpaired) electrons. The Kier molecular flexibility index (Phi) is 2.41. The fraction of sp³-hybridized carbons (Fsp3) is 0.111. The molecule has 1 aromatic carbocycles. The quantitative estimate of drug-likeness (QED) is 0.555. The Labute approximate surface area is 73.8 Å². The Bertz CT molecular complexity index is 371. The Morgan fingerprint density at radius 1 is 1.38 bits per heavy atom. The van der Waals surface area contributed by atoms with Gasteiger partial charge >= 0.3 is 5.97 Å². The fourth-order valence-electron chi connectivity index (χ4n) is 0.858. The second-order valence-corrected chi connectivity index (χ2v) is 2.60. The van der Waals surface area contributed by atoms with E-state index < -0.39 is 17.6 Å². The maximum Gasteiger partial charge on any atom is 0.377 e. The van der Waals surface area contributed by atoms with Gasteiger partial charge in [-0.25, -0.2) is 9.18 Å². The lowest BCUT2D eigenvalue weighted by Gasteiger charge is -1.98. The summed E-state index contributed by atoms with van der Waals surface area (Å²) < 4.78 is 12.9. The van der Waals surface area contributed by atoms with Crippen molar-refractivity contribution in [3.63, 3.8) is 0 Å². The minimum atomic E-state index is -1.58. The molecule has 0 saturated carbocycles. The molecule has 13 heavy (non-hydrogen) atoms. The number of hydrogen-bond donors (Lipinski definition) is 1. The number of rotatable bonds is 2. The second-order valence-electron chi connectivity index (χ2n) is 2.60. The number of ketones is 1. The average molecular weight is 182 g/mol. The van der Waals surface area contributed by atoms with Crippen molar-refractivity contribution in [2.75, 3.05) is 0 Å². The van der Waals surface area contributed by atoms with E-state index in [1.807, 2.05) is 0 Å². The van der Waals surface area contributed by atoms with E-state index in [9.17, 15) is 14.0 Å². The van der Waals surface area contributed by atoms with E-state index in [4.69, 9.17) is 5.11 Å². The lowest BCUT2D eigenvalue weighted by molar-refractivity contribution is -0.131. The predicted molar refractivity (Wildman–Crippen MR) is 43.1 cm³/mol. The first-order chi connectivity index (χ1) is 6.02. The van der Waals surface area contributed by atoms with Crippen LogP contribution in [-0.4, -0.2) is 16.9 Å². The molecule has 1 N–H and O–H groups in total. The van der Waals surface area contributed by atoms with Gasteiger partial charge in [-0.3, -0.25) is 4.79 Å². The van der Waals surface area contributed by atoms with E-state index in [2.05, 4.69) is 0 Å². The smallest absolute Gasteiger partial charge is 0.377 e. The van der Waals surface area contributed by atoms with Gasteiger partial charge in [-0.15, -0.1) is 0 Å². The molecule has 0 bridgehead atoms. The van der Waals surface area contributed by atoms with Crippen molar-refractivity contribution in [1.82, 2.24) is 0 Å². The number of aliphatic carboxylic acids is 1. The molecule has 0 amide bonds. The molecular formula is C9H7FO3. The third-order valence-corrected chi connectivity index (χ3v) is 1.63. The van der Waals surface area contributed by atoms with E-state index in [0.717, 1.165) is 6.07 Å². The zero-order valence-corrected chi connectivity index (χ0v) is 6.87. The van der Waals surface area contributed by atoms with Crippen LogP contribution in [0.25, 0.3) is 0 Å². The number of carboxylic acid groups (broad SMARTS) is 1. The molecule has 0 fully saturated rings. The minimum absolute atomic E-state index is 0.143. The van der Waals surface area contributed by atoms with E-state index in [0.29, 0.717) is 5.56 Å².